The summed E-state index contributed by atoms with van der Waals surface area (Å²) in [7, 11) is -2.63. The summed E-state index contributed by atoms with van der Waals surface area (Å²) in [4.78, 5) is 0. The van der Waals surface area contributed by atoms with Crippen molar-refractivity contribution in [2.75, 3.05) is 19.8 Å². The summed E-state index contributed by atoms with van der Waals surface area (Å²) in [6, 6.07) is 0. The molecule has 0 atom stereocenters. The summed E-state index contributed by atoms with van der Waals surface area (Å²) in [6.07, 6.45) is 12.5. The van der Waals surface area contributed by atoms with Crippen molar-refractivity contribution in [2.24, 2.45) is 0 Å². The van der Waals surface area contributed by atoms with E-state index in [0.717, 1.165) is 12.8 Å². The van der Waals surface area contributed by atoms with E-state index < -0.39 is 8.80 Å². The van der Waals surface area contributed by atoms with Gasteiger partial charge < -0.3 is 13.3 Å². The van der Waals surface area contributed by atoms with Crippen molar-refractivity contribution in [3.8, 4) is 0 Å². The van der Waals surface area contributed by atoms with Crippen LogP contribution in [0.1, 0.15) is 72.1 Å². The minimum absolute atomic E-state index is 0.656. The van der Waals surface area contributed by atoms with E-state index >= 15 is 0 Å². The molecule has 0 spiro atoms. The molecule has 0 saturated carbocycles. The van der Waals surface area contributed by atoms with Crippen LogP contribution in [0, 0.1) is 0 Å². The highest BCUT2D eigenvalue weighted by Gasteiger charge is 2.44. The van der Waals surface area contributed by atoms with Gasteiger partial charge in [0.15, 0.2) is 0 Å². The summed E-state index contributed by atoms with van der Waals surface area (Å²) < 4.78 is 18.1. The molecule has 118 valence electrons. The molecule has 0 unspecified atom stereocenters. The van der Waals surface area contributed by atoms with Crippen LogP contribution >= 0.6 is 0 Å². The van der Waals surface area contributed by atoms with Gasteiger partial charge in [-0.05, 0) is 51.7 Å². The Labute approximate surface area is 126 Å². The molecule has 0 N–H and O–H groups in total. The molecule has 0 aromatic rings. The molecule has 0 aromatic heterocycles. The van der Waals surface area contributed by atoms with Crippen LogP contribution in [0.2, 0.25) is 0 Å². The summed E-state index contributed by atoms with van der Waals surface area (Å²) in [5.74, 6) is 0. The lowest BCUT2D eigenvalue weighted by Gasteiger charge is -2.31. The second kappa shape index (κ2) is 10.5. The number of rotatable bonds is 7. The minimum Gasteiger partial charge on any atom is -0.370 e. The SMILES string of the molecule is CCO[Si](OCC)(OCC)C1=CCCCCCCCC1. The van der Waals surface area contributed by atoms with Gasteiger partial charge in [-0.1, -0.05) is 31.8 Å². The number of allylic oxidation sites excluding steroid dienone is 2. The van der Waals surface area contributed by atoms with E-state index in [9.17, 15) is 0 Å². The number of hydrogen-bond acceptors (Lipinski definition) is 3. The topological polar surface area (TPSA) is 27.7 Å². The molecule has 0 aromatic carbocycles. The highest BCUT2D eigenvalue weighted by molar-refractivity contribution is 6.68. The molecule has 0 radical (unpaired) electrons. The second-order valence-corrected chi connectivity index (χ2v) is 7.87. The van der Waals surface area contributed by atoms with Crippen LogP contribution in [0.5, 0.6) is 0 Å². The van der Waals surface area contributed by atoms with Gasteiger partial charge in [0, 0.05) is 19.8 Å². The summed E-state index contributed by atoms with van der Waals surface area (Å²) in [5, 5.41) is 1.32. The molecule has 0 bridgehead atoms. The lowest BCUT2D eigenvalue weighted by molar-refractivity contribution is 0.0795. The van der Waals surface area contributed by atoms with E-state index in [0.29, 0.717) is 19.8 Å². The predicted octanol–water partition coefficient (Wildman–Crippen LogP) is 4.63. The maximum Gasteiger partial charge on any atom is 0.532 e. The Morgan fingerprint density at radius 2 is 1.30 bits per heavy atom. The zero-order valence-electron chi connectivity index (χ0n) is 13.6. The maximum absolute atomic E-state index is 6.04. The Morgan fingerprint density at radius 1 is 0.800 bits per heavy atom. The van der Waals surface area contributed by atoms with Crippen molar-refractivity contribution in [1.82, 2.24) is 0 Å². The molecule has 3 nitrogen and oxygen atoms in total. The molecule has 4 heteroatoms. The third kappa shape index (κ3) is 5.68. The van der Waals surface area contributed by atoms with Gasteiger partial charge in [-0.15, -0.1) is 0 Å². The largest absolute Gasteiger partial charge is 0.532 e. The molecule has 20 heavy (non-hydrogen) atoms. The average Bonchev–Trinajstić information content (AvgIpc) is 2.45. The second-order valence-electron chi connectivity index (χ2n) is 5.24. The van der Waals surface area contributed by atoms with Gasteiger partial charge in [-0.2, -0.15) is 0 Å². The standard InChI is InChI=1S/C16H32O3Si/c1-4-17-20(18-5-2,19-6-3)16-14-12-10-8-7-9-11-13-15-16/h14H,4-13,15H2,1-3H3. The summed E-state index contributed by atoms with van der Waals surface area (Å²) in [5.41, 5.74) is 0. The Morgan fingerprint density at radius 3 is 1.85 bits per heavy atom. The van der Waals surface area contributed by atoms with E-state index in [4.69, 9.17) is 13.3 Å². The predicted molar refractivity (Wildman–Crippen MR) is 85.7 cm³/mol. The van der Waals surface area contributed by atoms with Gasteiger partial charge >= 0.3 is 8.80 Å². The van der Waals surface area contributed by atoms with Gasteiger partial charge in [0.05, 0.1) is 0 Å². The fourth-order valence-corrected chi connectivity index (χ4v) is 5.62. The van der Waals surface area contributed by atoms with Crippen molar-refractivity contribution < 1.29 is 13.3 Å². The molecule has 0 amide bonds. The van der Waals surface area contributed by atoms with Crippen molar-refractivity contribution in [3.63, 3.8) is 0 Å². The highest BCUT2D eigenvalue weighted by atomic mass is 28.4. The van der Waals surface area contributed by atoms with Crippen molar-refractivity contribution in [3.05, 3.63) is 11.3 Å². The molecule has 1 aliphatic rings. The average molecular weight is 301 g/mol. The van der Waals surface area contributed by atoms with Crippen LogP contribution in [0.25, 0.3) is 0 Å². The Kier molecular flexibility index (Phi) is 9.43. The lowest BCUT2D eigenvalue weighted by atomic mass is 10.1. The Balaban J connectivity index is 2.89. The van der Waals surface area contributed by atoms with Gasteiger partial charge in [0.1, 0.15) is 0 Å². The highest BCUT2D eigenvalue weighted by Crippen LogP contribution is 2.27. The van der Waals surface area contributed by atoms with Crippen LogP contribution in [0.15, 0.2) is 11.3 Å². The zero-order chi connectivity index (χ0) is 14.7. The molecule has 0 fully saturated rings. The molecular weight excluding hydrogens is 268 g/mol. The van der Waals surface area contributed by atoms with Crippen LogP contribution in [-0.2, 0) is 13.3 Å². The van der Waals surface area contributed by atoms with Crippen LogP contribution in [-0.4, -0.2) is 28.6 Å². The third-order valence-corrected chi connectivity index (χ3v) is 6.93. The molecule has 1 rings (SSSR count). The van der Waals surface area contributed by atoms with Crippen molar-refractivity contribution in [1.29, 1.82) is 0 Å². The smallest absolute Gasteiger partial charge is 0.370 e. The molecule has 0 saturated heterocycles. The first kappa shape index (κ1) is 17.9. The molecule has 0 heterocycles. The third-order valence-electron chi connectivity index (χ3n) is 3.69. The van der Waals surface area contributed by atoms with E-state index in [-0.39, 0.29) is 0 Å². The quantitative estimate of drug-likeness (QED) is 0.641. The Hall–Kier alpha value is -0.163. The van der Waals surface area contributed by atoms with E-state index in [1.165, 1.54) is 43.7 Å². The van der Waals surface area contributed by atoms with Gasteiger partial charge in [-0.3, -0.25) is 0 Å². The molecule has 0 aliphatic heterocycles. The molecule has 1 aliphatic carbocycles. The van der Waals surface area contributed by atoms with E-state index in [1.807, 2.05) is 20.8 Å². The Bertz CT molecular complexity index is 262. The van der Waals surface area contributed by atoms with Crippen LogP contribution in [0.3, 0.4) is 0 Å². The summed E-state index contributed by atoms with van der Waals surface area (Å²) >= 11 is 0. The van der Waals surface area contributed by atoms with Crippen molar-refractivity contribution >= 4 is 8.80 Å². The monoisotopic (exact) mass is 300 g/mol. The van der Waals surface area contributed by atoms with E-state index in [2.05, 4.69) is 6.08 Å². The van der Waals surface area contributed by atoms with Crippen molar-refractivity contribution in [2.45, 2.75) is 72.1 Å². The zero-order valence-corrected chi connectivity index (χ0v) is 14.6. The van der Waals surface area contributed by atoms with E-state index in [1.54, 1.807) is 0 Å². The first-order valence-corrected chi connectivity index (χ1v) is 10.1. The molecular formula is C16H32O3Si. The van der Waals surface area contributed by atoms with Gasteiger partial charge in [-0.25, -0.2) is 0 Å². The first-order valence-electron chi connectivity index (χ1n) is 8.40. The minimum atomic E-state index is -2.63. The van der Waals surface area contributed by atoms with Crippen LogP contribution < -0.4 is 0 Å². The maximum atomic E-state index is 6.04. The lowest BCUT2D eigenvalue weighted by Crippen LogP contribution is -2.48. The first-order chi connectivity index (χ1) is 9.79. The fourth-order valence-electron chi connectivity index (χ4n) is 2.80. The normalized spacial score (nSPS) is 18.6. The summed E-state index contributed by atoms with van der Waals surface area (Å²) in [6.45, 7) is 8.05. The number of hydrogen-bond donors (Lipinski definition) is 0. The fraction of sp³-hybridized carbons (Fsp3) is 0.875. The van der Waals surface area contributed by atoms with Gasteiger partial charge in [0.2, 0.25) is 0 Å². The van der Waals surface area contributed by atoms with Crippen LogP contribution in [0.4, 0.5) is 0 Å². The van der Waals surface area contributed by atoms with Gasteiger partial charge in [0.25, 0.3) is 0 Å².